The Morgan fingerprint density at radius 3 is 1.18 bits per heavy atom. The zero-order valence-electron chi connectivity index (χ0n) is 49.2. The van der Waals surface area contributed by atoms with Gasteiger partial charge in [-0.25, -0.2) is 0 Å². The molecule has 0 aromatic heterocycles. The molecule has 0 spiro atoms. The first-order valence-electron chi connectivity index (χ1n) is 29.1. The van der Waals surface area contributed by atoms with Gasteiger partial charge in [0, 0.05) is 36.3 Å². The van der Waals surface area contributed by atoms with Gasteiger partial charge in [-0.15, -0.1) is 0 Å². The molecule has 2 heterocycles. The molecule has 438 valence electrons. The molecule has 82 heavy (non-hydrogen) atoms. The van der Waals surface area contributed by atoms with E-state index in [2.05, 4.69) is 54.7 Å². The highest BCUT2D eigenvalue weighted by molar-refractivity contribution is 5.98. The number of likely N-dealkylation sites (tertiary alicyclic amines) is 2. The van der Waals surface area contributed by atoms with Gasteiger partial charge in [0.1, 0.15) is 24.2 Å². The van der Waals surface area contributed by atoms with Crippen molar-refractivity contribution in [2.24, 2.45) is 10.8 Å². The van der Waals surface area contributed by atoms with Crippen molar-refractivity contribution < 1.29 is 38.4 Å². The first kappa shape index (κ1) is 60.7. The van der Waals surface area contributed by atoms with E-state index in [0.717, 1.165) is 60.8 Å². The molecule has 18 heteroatoms. The number of carbonyl (C=O) groups excluding carboxylic acids is 8. The van der Waals surface area contributed by atoms with Gasteiger partial charge in [0.25, 0.3) is 11.8 Å². The summed E-state index contributed by atoms with van der Waals surface area (Å²) in [6, 6.07) is 23.7. The van der Waals surface area contributed by atoms with Gasteiger partial charge < -0.3 is 52.3 Å². The van der Waals surface area contributed by atoms with Crippen molar-refractivity contribution >= 4 is 47.3 Å². The van der Waals surface area contributed by atoms with Crippen molar-refractivity contribution in [3.63, 3.8) is 0 Å². The van der Waals surface area contributed by atoms with E-state index < -0.39 is 71.0 Å². The van der Waals surface area contributed by atoms with E-state index in [1.807, 2.05) is 102 Å². The molecule has 0 bridgehead atoms. The molecular weight excluding hydrogens is 1040 g/mol. The van der Waals surface area contributed by atoms with Crippen molar-refractivity contribution in [1.82, 2.24) is 52.3 Å². The molecule has 10 unspecified atom stereocenters. The first-order chi connectivity index (χ1) is 38.9. The number of benzene rings is 4. The largest absolute Gasteiger partial charge is 0.347 e. The third-order valence-electron chi connectivity index (χ3n) is 16.9. The van der Waals surface area contributed by atoms with Crippen LogP contribution in [0.3, 0.4) is 0 Å². The first-order valence-corrected chi connectivity index (χ1v) is 29.1. The molecule has 18 nitrogen and oxygen atoms in total. The highest BCUT2D eigenvalue weighted by atomic mass is 16.2. The molecule has 2 fully saturated rings. The summed E-state index contributed by atoms with van der Waals surface area (Å²) in [6.45, 7) is 14.7. The number of hydrogen-bond acceptors (Lipinski definition) is 10. The van der Waals surface area contributed by atoms with Gasteiger partial charge in [-0.2, -0.15) is 0 Å². The molecule has 4 aromatic rings. The van der Waals surface area contributed by atoms with Crippen molar-refractivity contribution in [3.8, 4) is 11.1 Å². The maximum Gasteiger partial charge on any atom is 0.251 e. The molecule has 0 radical (unpaired) electrons. The summed E-state index contributed by atoms with van der Waals surface area (Å²) < 4.78 is 0. The fourth-order valence-electron chi connectivity index (χ4n) is 11.8. The van der Waals surface area contributed by atoms with Gasteiger partial charge in [-0.3, -0.25) is 38.4 Å². The third kappa shape index (κ3) is 14.1. The Bertz CT molecular complexity index is 2800. The summed E-state index contributed by atoms with van der Waals surface area (Å²) in [4.78, 5) is 115. The molecule has 4 aromatic carbocycles. The SMILES string of the molecule is CNC(C)C(=O)NC(C(=O)N1CC(NC(=O)c2ccc(-c3ccc(C(=O)NC4CC(C(=O)NC5CCCc6ccccc65)N(C(=O)C(NC(=O)C(C)NC)C(C)(C)C)C4)cc3)cc2)CC1C(=O)NC1CCCc2ccccc21)C(C)(C)C. The summed E-state index contributed by atoms with van der Waals surface area (Å²) in [5.74, 6) is -2.90. The van der Waals surface area contributed by atoms with Crippen LogP contribution in [0.1, 0.15) is 149 Å². The molecule has 8 N–H and O–H groups in total. The number of nitrogens with one attached hydrogen (secondary N) is 8. The Kier molecular flexibility index (Phi) is 19.1. The lowest BCUT2D eigenvalue weighted by molar-refractivity contribution is -0.144. The highest BCUT2D eigenvalue weighted by Gasteiger charge is 2.48. The minimum absolute atomic E-state index is 0.0583. The fourth-order valence-corrected chi connectivity index (χ4v) is 11.8. The van der Waals surface area contributed by atoms with E-state index in [1.165, 1.54) is 20.9 Å². The maximum absolute atomic E-state index is 14.6. The normalized spacial score (nSPS) is 22.0. The van der Waals surface area contributed by atoms with Gasteiger partial charge >= 0.3 is 0 Å². The highest BCUT2D eigenvalue weighted by Crippen LogP contribution is 2.34. The van der Waals surface area contributed by atoms with E-state index in [9.17, 15) is 38.4 Å². The van der Waals surface area contributed by atoms with Crippen LogP contribution < -0.4 is 42.5 Å². The van der Waals surface area contributed by atoms with Crippen LogP contribution in [0.2, 0.25) is 0 Å². The number of nitrogens with zero attached hydrogens (tertiary/aromatic N) is 2. The molecule has 8 amide bonds. The van der Waals surface area contributed by atoms with Crippen LogP contribution in [0.25, 0.3) is 11.1 Å². The summed E-state index contributed by atoms with van der Waals surface area (Å²) in [6.07, 6.45) is 5.51. The number of amides is 8. The lowest BCUT2D eigenvalue weighted by Gasteiger charge is -2.36. The average molecular weight is 1120 g/mol. The molecule has 8 rings (SSSR count). The summed E-state index contributed by atoms with van der Waals surface area (Å²) in [5.41, 5.74) is 5.37. The minimum Gasteiger partial charge on any atom is -0.347 e. The quantitative estimate of drug-likeness (QED) is 0.0669. The van der Waals surface area contributed by atoms with Crippen molar-refractivity contribution in [2.45, 2.75) is 167 Å². The average Bonchev–Trinajstić information content (AvgIpc) is 4.28. The second-order valence-electron chi connectivity index (χ2n) is 24.9. The Hall–Kier alpha value is -7.44. The lowest BCUT2D eigenvalue weighted by Crippen LogP contribution is -2.59. The predicted octanol–water partition coefficient (Wildman–Crippen LogP) is 5.42. The fraction of sp³-hybridized carbons (Fsp3) is 0.500. The third-order valence-corrected chi connectivity index (χ3v) is 16.9. The molecule has 2 aliphatic heterocycles. The van der Waals surface area contributed by atoms with E-state index in [0.29, 0.717) is 11.1 Å². The van der Waals surface area contributed by atoms with Crippen LogP contribution in [0, 0.1) is 10.8 Å². The smallest absolute Gasteiger partial charge is 0.251 e. The molecule has 2 saturated heterocycles. The summed E-state index contributed by atoms with van der Waals surface area (Å²) in [5, 5.41) is 24.4. The van der Waals surface area contributed by atoms with Crippen LogP contribution in [-0.2, 0) is 41.6 Å². The van der Waals surface area contributed by atoms with Crippen molar-refractivity contribution in [2.75, 3.05) is 27.2 Å². The zero-order chi connectivity index (χ0) is 59.2. The number of fused-ring (bicyclic) bond motifs is 2. The Morgan fingerprint density at radius 2 is 0.841 bits per heavy atom. The Labute approximate surface area is 482 Å². The number of carbonyl (C=O) groups is 8. The molecule has 10 atom stereocenters. The second-order valence-corrected chi connectivity index (χ2v) is 24.9. The number of hydrogen-bond donors (Lipinski definition) is 8. The number of likely N-dealkylation sites (N-methyl/N-ethyl adjacent to an activating group) is 2. The van der Waals surface area contributed by atoms with Crippen LogP contribution in [0.4, 0.5) is 0 Å². The molecule has 2 aliphatic carbocycles. The van der Waals surface area contributed by atoms with Crippen LogP contribution >= 0.6 is 0 Å². The Morgan fingerprint density at radius 1 is 0.488 bits per heavy atom. The van der Waals surface area contributed by atoms with Crippen molar-refractivity contribution in [1.29, 1.82) is 0 Å². The van der Waals surface area contributed by atoms with Crippen molar-refractivity contribution in [3.05, 3.63) is 130 Å². The van der Waals surface area contributed by atoms with E-state index in [4.69, 9.17) is 0 Å². The van der Waals surface area contributed by atoms with Crippen LogP contribution in [-0.4, -0.2) is 133 Å². The predicted molar refractivity (Wildman–Crippen MR) is 315 cm³/mol. The summed E-state index contributed by atoms with van der Waals surface area (Å²) in [7, 11) is 3.33. The van der Waals surface area contributed by atoms with Gasteiger partial charge in [0.05, 0.1) is 24.2 Å². The van der Waals surface area contributed by atoms with Gasteiger partial charge in [-0.05, 0) is 148 Å². The van der Waals surface area contributed by atoms with Gasteiger partial charge in [0.2, 0.25) is 35.4 Å². The standard InChI is InChI=1S/C64H84N10O8/c1-37(65-9)55(75)71-53(63(3,4)5)61(81)73-35-45(33-51(73)59(79)69-49-23-15-19-41-17-11-13-21-47(41)49)67-57(77)43-29-25-39(26-30-43)40-27-31-44(32-28-40)58(78)68-46-34-52(60(80)70-50-24-16-20-42-18-12-14-22-48(42)50)74(36-46)62(82)54(64(6,7)8)72-56(76)38(2)66-10/h11-14,17-18,21-22,25-32,37-38,45-46,49-54,65-66H,15-16,19-20,23-24,33-36H2,1-10H3,(H,67,77)(H,68,78)(H,69,79)(H,70,80)(H,71,75)(H,72,76). The molecule has 4 aliphatic rings. The van der Waals surface area contributed by atoms with E-state index >= 15 is 0 Å². The van der Waals surface area contributed by atoms with Gasteiger partial charge in [0.15, 0.2) is 0 Å². The Balaban J connectivity index is 0.937. The summed E-state index contributed by atoms with van der Waals surface area (Å²) >= 11 is 0. The number of rotatable bonds is 17. The maximum atomic E-state index is 14.6. The van der Waals surface area contributed by atoms with Gasteiger partial charge in [-0.1, -0.05) is 114 Å². The second kappa shape index (κ2) is 25.8. The topological polar surface area (TPSA) is 239 Å². The van der Waals surface area contributed by atoms with E-state index in [1.54, 1.807) is 52.2 Å². The van der Waals surface area contributed by atoms with Crippen LogP contribution in [0.15, 0.2) is 97.1 Å². The molecular formula is C64H84N10O8. The lowest BCUT2D eigenvalue weighted by atomic mass is 9.85. The minimum atomic E-state index is -0.956. The molecule has 0 saturated carbocycles. The van der Waals surface area contributed by atoms with E-state index in [-0.39, 0.29) is 73.5 Å². The number of aryl methyl sites for hydroxylation is 2. The van der Waals surface area contributed by atoms with Crippen LogP contribution in [0.5, 0.6) is 0 Å². The zero-order valence-corrected chi connectivity index (χ0v) is 49.2. The monoisotopic (exact) mass is 1120 g/mol.